The maximum absolute atomic E-state index is 2.35. The van der Waals surface area contributed by atoms with Gasteiger partial charge in [0.2, 0.25) is 0 Å². The predicted molar refractivity (Wildman–Crippen MR) is 179 cm³/mol. The summed E-state index contributed by atoms with van der Waals surface area (Å²) in [6, 6.07) is 46.1. The number of fused-ring (bicyclic) bond motifs is 2. The zero-order valence-corrected chi connectivity index (χ0v) is 29.9. The fourth-order valence-corrected chi connectivity index (χ4v) is 6.34. The van der Waals surface area contributed by atoms with E-state index in [0.29, 0.717) is 0 Å². The summed E-state index contributed by atoms with van der Waals surface area (Å²) in [4.78, 5) is 0. The van der Waals surface area contributed by atoms with E-state index in [0.717, 1.165) is 0 Å². The van der Waals surface area contributed by atoms with E-state index in [2.05, 4.69) is 162 Å². The Morgan fingerprint density at radius 3 is 1.64 bits per heavy atom. The van der Waals surface area contributed by atoms with Crippen molar-refractivity contribution >= 4 is 21.5 Å². The van der Waals surface area contributed by atoms with E-state index in [1.807, 2.05) is 0 Å². The molecule has 7 rings (SSSR count). The molecule has 0 aromatic heterocycles. The summed E-state index contributed by atoms with van der Waals surface area (Å²) >= 11 is 0. The number of halogens is 2. The van der Waals surface area contributed by atoms with E-state index >= 15 is 0 Å². The number of aryl methyl sites for hydroxylation is 5. The van der Waals surface area contributed by atoms with Crippen LogP contribution in [0.1, 0.15) is 27.8 Å². The molecule has 0 amide bonds. The van der Waals surface area contributed by atoms with Crippen molar-refractivity contribution in [3.05, 3.63) is 155 Å². The van der Waals surface area contributed by atoms with E-state index in [1.54, 1.807) is 0 Å². The Bertz CT molecular complexity index is 1960. The van der Waals surface area contributed by atoms with Crippen LogP contribution in [0.4, 0.5) is 0 Å². The van der Waals surface area contributed by atoms with Crippen LogP contribution in [0.25, 0.3) is 54.9 Å². The molecule has 0 spiro atoms. The summed E-state index contributed by atoms with van der Waals surface area (Å²) in [5, 5.41) is 5.39. The Balaban J connectivity index is 0.000000236. The predicted octanol–water partition coefficient (Wildman–Crippen LogP) is 5.67. The van der Waals surface area contributed by atoms with Crippen molar-refractivity contribution in [1.29, 1.82) is 0 Å². The van der Waals surface area contributed by atoms with Crippen molar-refractivity contribution in [2.24, 2.45) is 0 Å². The summed E-state index contributed by atoms with van der Waals surface area (Å²) in [7, 11) is 0. The normalized spacial score (nSPS) is 10.3. The Morgan fingerprint density at radius 1 is 0.477 bits per heavy atom. The molecule has 0 nitrogen and oxygen atoms in total. The Hall–Kier alpha value is -3.22. The van der Waals surface area contributed by atoms with Gasteiger partial charge >= 0.3 is 26.2 Å². The molecular weight excluding hydrogens is 655 g/mol. The molecule has 0 radical (unpaired) electrons. The molecule has 0 fully saturated rings. The quantitative estimate of drug-likeness (QED) is 0.210. The van der Waals surface area contributed by atoms with Crippen LogP contribution in [0.15, 0.2) is 127 Å². The first kappa shape index (κ1) is 35.3. The Kier molecular flexibility index (Phi) is 12.2. The van der Waals surface area contributed by atoms with Crippen LogP contribution in [-0.4, -0.2) is 0 Å². The zero-order chi connectivity index (χ0) is 28.5. The third-order valence-corrected chi connectivity index (χ3v) is 8.14. The van der Waals surface area contributed by atoms with Gasteiger partial charge in [-0.05, 0) is 31.9 Å². The third kappa shape index (κ3) is 7.18. The maximum Gasteiger partial charge on any atom is 4.00 e. The molecule has 0 aliphatic heterocycles. The number of rotatable bonds is 3. The van der Waals surface area contributed by atoms with Crippen LogP contribution in [0.5, 0.6) is 0 Å². The number of benzene rings is 5. The minimum Gasteiger partial charge on any atom is -1.00 e. The van der Waals surface area contributed by atoms with Crippen LogP contribution in [0.2, 0.25) is 0 Å². The molecule has 0 atom stereocenters. The largest absolute Gasteiger partial charge is 4.00 e. The smallest absolute Gasteiger partial charge is 1.00 e. The van der Waals surface area contributed by atoms with Gasteiger partial charge in [-0.2, -0.15) is 6.07 Å². The second kappa shape index (κ2) is 15.2. The SMILES string of the molecule is Cc1cc(C)c(-c2cc3c(-c4ccccc4)cccc3[cH-]2)c(C)c1.Cc1cc2c(-c3ccccc3)ccc(C)c2[cH-]1.[Cl-].[Cl-].[Zr+4]. The number of hydrogen-bond acceptors (Lipinski definition) is 0. The average molecular weight is 691 g/mol. The summed E-state index contributed by atoms with van der Waals surface area (Å²) in [6.45, 7) is 10.9. The number of hydrogen-bond donors (Lipinski definition) is 0. The molecule has 7 aromatic rings. The van der Waals surface area contributed by atoms with Gasteiger partial charge in [-0.25, -0.2) is 0 Å². The molecule has 0 heterocycles. The van der Waals surface area contributed by atoms with E-state index in [1.165, 1.54) is 82.7 Å². The Labute approximate surface area is 293 Å². The molecular formula is C41H36Cl2Zr. The summed E-state index contributed by atoms with van der Waals surface area (Å²) < 4.78 is 0. The van der Waals surface area contributed by atoms with Crippen LogP contribution in [0.3, 0.4) is 0 Å². The molecule has 0 saturated carbocycles. The molecule has 0 unspecified atom stereocenters. The summed E-state index contributed by atoms with van der Waals surface area (Å²) in [5.74, 6) is 0. The molecule has 7 aromatic carbocycles. The molecule has 0 bridgehead atoms. The monoisotopic (exact) mass is 688 g/mol. The first-order valence-corrected chi connectivity index (χ1v) is 14.4. The van der Waals surface area contributed by atoms with Gasteiger partial charge in [0.1, 0.15) is 0 Å². The van der Waals surface area contributed by atoms with Crippen molar-refractivity contribution in [2.45, 2.75) is 34.6 Å². The van der Waals surface area contributed by atoms with Gasteiger partial charge in [-0.3, -0.25) is 0 Å². The molecule has 0 aliphatic carbocycles. The molecule has 44 heavy (non-hydrogen) atoms. The third-order valence-electron chi connectivity index (χ3n) is 8.14. The fraction of sp³-hybridized carbons (Fsp3) is 0.122. The fourth-order valence-electron chi connectivity index (χ4n) is 6.34. The maximum atomic E-state index is 2.35. The van der Waals surface area contributed by atoms with Crippen molar-refractivity contribution in [1.82, 2.24) is 0 Å². The van der Waals surface area contributed by atoms with Crippen molar-refractivity contribution in [3.8, 4) is 33.4 Å². The van der Waals surface area contributed by atoms with Crippen LogP contribution >= 0.6 is 0 Å². The van der Waals surface area contributed by atoms with Gasteiger partial charge < -0.3 is 24.8 Å². The second-order valence-corrected chi connectivity index (χ2v) is 11.3. The van der Waals surface area contributed by atoms with Gasteiger partial charge in [-0.15, -0.1) is 68.6 Å². The van der Waals surface area contributed by atoms with E-state index in [9.17, 15) is 0 Å². The molecule has 0 aliphatic rings. The second-order valence-electron chi connectivity index (χ2n) is 11.3. The topological polar surface area (TPSA) is 0 Å². The minimum atomic E-state index is 0. The summed E-state index contributed by atoms with van der Waals surface area (Å²) in [5.41, 5.74) is 14.6. The molecule has 3 heteroatoms. The average Bonchev–Trinajstić information content (AvgIpc) is 3.58. The summed E-state index contributed by atoms with van der Waals surface area (Å²) in [6.07, 6.45) is 0. The molecule has 218 valence electrons. The van der Waals surface area contributed by atoms with E-state index in [-0.39, 0.29) is 51.0 Å². The van der Waals surface area contributed by atoms with Crippen molar-refractivity contribution in [2.75, 3.05) is 0 Å². The van der Waals surface area contributed by atoms with Crippen LogP contribution in [-0.2, 0) is 26.2 Å². The van der Waals surface area contributed by atoms with Gasteiger partial charge in [0.25, 0.3) is 0 Å². The van der Waals surface area contributed by atoms with Gasteiger partial charge in [-0.1, -0.05) is 138 Å². The minimum absolute atomic E-state index is 0. The van der Waals surface area contributed by atoms with Gasteiger partial charge in [0.15, 0.2) is 0 Å². The van der Waals surface area contributed by atoms with Crippen molar-refractivity contribution < 1.29 is 51.0 Å². The first-order valence-electron chi connectivity index (χ1n) is 14.4. The zero-order valence-electron chi connectivity index (χ0n) is 25.9. The van der Waals surface area contributed by atoms with Gasteiger partial charge in [0.05, 0.1) is 0 Å². The molecule has 0 N–H and O–H groups in total. The standard InChI is InChI=1S/C24H21.C17H15.2ClH.Zr/c1-16-12-17(2)24(18(3)13-16)21-14-20-10-7-11-22(23(20)15-21)19-8-5-4-6-9-19;1-12-10-16-13(2)8-9-15(17(16)11-12)14-6-4-3-5-7-14;;;/h4-15H,1-3H3;3-11H,1-2H3;2*1H;/q2*-1;;;+4/p-2. The van der Waals surface area contributed by atoms with E-state index < -0.39 is 0 Å². The van der Waals surface area contributed by atoms with E-state index in [4.69, 9.17) is 0 Å². The molecule has 0 saturated heterocycles. The first-order chi connectivity index (χ1) is 19.9. The van der Waals surface area contributed by atoms with Gasteiger partial charge in [0, 0.05) is 0 Å². The van der Waals surface area contributed by atoms with Crippen molar-refractivity contribution in [3.63, 3.8) is 0 Å². The van der Waals surface area contributed by atoms with Crippen LogP contribution < -0.4 is 24.8 Å². The van der Waals surface area contributed by atoms with Crippen LogP contribution in [0, 0.1) is 34.6 Å². The Morgan fingerprint density at radius 2 is 1.05 bits per heavy atom.